The summed E-state index contributed by atoms with van der Waals surface area (Å²) in [4.78, 5) is 20.2. The molecule has 0 N–H and O–H groups in total. The van der Waals surface area contributed by atoms with Gasteiger partial charge in [0.15, 0.2) is 0 Å². The van der Waals surface area contributed by atoms with E-state index in [1.807, 2.05) is 40.7 Å². The summed E-state index contributed by atoms with van der Waals surface area (Å²) in [5, 5.41) is 4.85. The van der Waals surface area contributed by atoms with Crippen molar-refractivity contribution in [1.82, 2.24) is 19.6 Å². The normalized spacial score (nSPS) is 11.8. The Morgan fingerprint density at radius 3 is 2.70 bits per heavy atom. The highest BCUT2D eigenvalue weighted by molar-refractivity contribution is 7.99. The van der Waals surface area contributed by atoms with Crippen molar-refractivity contribution in [3.05, 3.63) is 17.5 Å². The molecule has 0 aromatic carbocycles. The molecule has 20 heavy (non-hydrogen) atoms. The van der Waals surface area contributed by atoms with Gasteiger partial charge in [0.05, 0.1) is 5.75 Å². The standard InChI is InChI=1S/C13H18N4O2S/c1-8-6-9(2)17-11(14-8)15-12(16-17)20-7-10(18)19-13(3,4)5/h6H,7H2,1-5H3. The summed E-state index contributed by atoms with van der Waals surface area (Å²) >= 11 is 1.25. The molecule has 2 aromatic rings. The molecule has 0 radical (unpaired) electrons. The third-order valence-corrected chi connectivity index (χ3v) is 3.15. The van der Waals surface area contributed by atoms with Gasteiger partial charge in [-0.1, -0.05) is 11.8 Å². The molecule has 2 rings (SSSR count). The second kappa shape index (κ2) is 5.40. The van der Waals surface area contributed by atoms with Crippen molar-refractivity contribution >= 4 is 23.5 Å². The number of carbonyl (C=O) groups excluding carboxylic acids is 1. The van der Waals surface area contributed by atoms with Crippen LogP contribution in [-0.2, 0) is 9.53 Å². The first-order valence-corrected chi connectivity index (χ1v) is 7.29. The number of aryl methyl sites for hydroxylation is 2. The zero-order valence-electron chi connectivity index (χ0n) is 12.3. The zero-order chi connectivity index (χ0) is 14.9. The Labute approximate surface area is 121 Å². The molecule has 0 amide bonds. The number of rotatable bonds is 3. The topological polar surface area (TPSA) is 69.4 Å². The van der Waals surface area contributed by atoms with E-state index in [9.17, 15) is 4.79 Å². The van der Waals surface area contributed by atoms with E-state index >= 15 is 0 Å². The van der Waals surface area contributed by atoms with E-state index in [-0.39, 0.29) is 11.7 Å². The van der Waals surface area contributed by atoms with E-state index in [1.54, 1.807) is 4.52 Å². The van der Waals surface area contributed by atoms with Gasteiger partial charge < -0.3 is 4.74 Å². The molecule has 2 heterocycles. The first-order valence-electron chi connectivity index (χ1n) is 6.30. The molecule has 0 aliphatic carbocycles. The highest BCUT2D eigenvalue weighted by Crippen LogP contribution is 2.17. The number of esters is 1. The van der Waals surface area contributed by atoms with Crippen molar-refractivity contribution in [2.75, 3.05) is 5.75 Å². The van der Waals surface area contributed by atoms with Gasteiger partial charge in [-0.3, -0.25) is 4.79 Å². The largest absolute Gasteiger partial charge is 0.459 e. The van der Waals surface area contributed by atoms with Crippen molar-refractivity contribution < 1.29 is 9.53 Å². The quantitative estimate of drug-likeness (QED) is 0.638. The number of nitrogens with zero attached hydrogens (tertiary/aromatic N) is 4. The lowest BCUT2D eigenvalue weighted by Crippen LogP contribution is -2.24. The summed E-state index contributed by atoms with van der Waals surface area (Å²) in [6.45, 7) is 9.38. The van der Waals surface area contributed by atoms with Crippen LogP contribution >= 0.6 is 11.8 Å². The number of hydrogen-bond acceptors (Lipinski definition) is 6. The summed E-state index contributed by atoms with van der Waals surface area (Å²) < 4.78 is 6.91. The predicted octanol–water partition coefficient (Wildman–Crippen LogP) is 2.17. The second-order valence-electron chi connectivity index (χ2n) is 5.52. The van der Waals surface area contributed by atoms with E-state index in [2.05, 4.69) is 15.1 Å². The average Bonchev–Trinajstić information content (AvgIpc) is 2.67. The van der Waals surface area contributed by atoms with Gasteiger partial charge in [-0.05, 0) is 40.7 Å². The van der Waals surface area contributed by atoms with Crippen LogP contribution in [-0.4, -0.2) is 36.9 Å². The molecule has 0 saturated heterocycles. The first-order chi connectivity index (χ1) is 9.24. The molecular weight excluding hydrogens is 276 g/mol. The maximum Gasteiger partial charge on any atom is 0.316 e. The van der Waals surface area contributed by atoms with Crippen LogP contribution < -0.4 is 0 Å². The Bertz CT molecular complexity index is 646. The van der Waals surface area contributed by atoms with E-state index in [0.717, 1.165) is 11.4 Å². The van der Waals surface area contributed by atoms with Crippen LogP contribution in [0.5, 0.6) is 0 Å². The summed E-state index contributed by atoms with van der Waals surface area (Å²) in [6.07, 6.45) is 0. The maximum absolute atomic E-state index is 11.6. The first kappa shape index (κ1) is 14.8. The SMILES string of the molecule is Cc1cc(C)n2nc(SCC(=O)OC(C)(C)C)nc2n1. The lowest BCUT2D eigenvalue weighted by atomic mass is 10.2. The third-order valence-electron chi connectivity index (χ3n) is 2.34. The molecule has 0 fully saturated rings. The fourth-order valence-electron chi connectivity index (χ4n) is 1.70. The van der Waals surface area contributed by atoms with Crippen LogP contribution in [0.4, 0.5) is 0 Å². The predicted molar refractivity (Wildman–Crippen MR) is 76.8 cm³/mol. The van der Waals surface area contributed by atoms with Crippen molar-refractivity contribution in [2.45, 2.75) is 45.4 Å². The molecule has 0 spiro atoms. The Balaban J connectivity index is 2.08. The third kappa shape index (κ3) is 3.69. The number of carbonyl (C=O) groups is 1. The highest BCUT2D eigenvalue weighted by atomic mass is 32.2. The van der Waals surface area contributed by atoms with Crippen LogP contribution in [0.2, 0.25) is 0 Å². The average molecular weight is 294 g/mol. The molecule has 0 atom stereocenters. The molecule has 7 heteroatoms. The van der Waals surface area contributed by atoms with Crippen LogP contribution in [0, 0.1) is 13.8 Å². The van der Waals surface area contributed by atoms with E-state index in [4.69, 9.17) is 4.74 Å². The smallest absolute Gasteiger partial charge is 0.316 e. The molecule has 2 aromatic heterocycles. The van der Waals surface area contributed by atoms with Gasteiger partial charge in [-0.15, -0.1) is 5.10 Å². The molecule has 0 bridgehead atoms. The molecule has 0 saturated carbocycles. The lowest BCUT2D eigenvalue weighted by Gasteiger charge is -2.18. The Morgan fingerprint density at radius 2 is 2.05 bits per heavy atom. The van der Waals surface area contributed by atoms with Gasteiger partial charge in [0.1, 0.15) is 5.60 Å². The molecule has 0 unspecified atom stereocenters. The van der Waals surface area contributed by atoms with Crippen LogP contribution in [0.25, 0.3) is 5.78 Å². The number of ether oxygens (including phenoxy) is 1. The fourth-order valence-corrected chi connectivity index (χ4v) is 2.30. The van der Waals surface area contributed by atoms with Crippen molar-refractivity contribution in [3.8, 4) is 0 Å². The molecule has 0 aliphatic heterocycles. The van der Waals surface area contributed by atoms with Crippen LogP contribution in [0.3, 0.4) is 0 Å². The van der Waals surface area contributed by atoms with Gasteiger partial charge in [0.25, 0.3) is 5.78 Å². The summed E-state index contributed by atoms with van der Waals surface area (Å²) in [5.41, 5.74) is 1.38. The minimum absolute atomic E-state index is 0.187. The van der Waals surface area contributed by atoms with Crippen molar-refractivity contribution in [3.63, 3.8) is 0 Å². The maximum atomic E-state index is 11.6. The molecule has 0 aliphatic rings. The van der Waals surface area contributed by atoms with Crippen LogP contribution in [0.1, 0.15) is 32.2 Å². The van der Waals surface area contributed by atoms with Crippen LogP contribution in [0.15, 0.2) is 11.2 Å². The summed E-state index contributed by atoms with van der Waals surface area (Å²) in [7, 11) is 0. The minimum atomic E-state index is -0.473. The number of thioether (sulfide) groups is 1. The van der Waals surface area contributed by atoms with Crippen molar-refractivity contribution in [1.29, 1.82) is 0 Å². The Morgan fingerprint density at radius 1 is 1.35 bits per heavy atom. The fraction of sp³-hybridized carbons (Fsp3) is 0.538. The lowest BCUT2D eigenvalue weighted by molar-refractivity contribution is -0.151. The van der Waals surface area contributed by atoms with E-state index in [0.29, 0.717) is 10.9 Å². The van der Waals surface area contributed by atoms with E-state index < -0.39 is 5.60 Å². The van der Waals surface area contributed by atoms with Gasteiger partial charge >= 0.3 is 5.97 Å². The molecule has 6 nitrogen and oxygen atoms in total. The highest BCUT2D eigenvalue weighted by Gasteiger charge is 2.17. The molecular formula is C13H18N4O2S. The van der Waals surface area contributed by atoms with Crippen molar-refractivity contribution in [2.24, 2.45) is 0 Å². The Kier molecular flexibility index (Phi) is 3.99. The minimum Gasteiger partial charge on any atom is -0.459 e. The summed E-state index contributed by atoms with van der Waals surface area (Å²) in [6, 6.07) is 1.93. The summed E-state index contributed by atoms with van der Waals surface area (Å²) in [5.74, 6) is 0.461. The van der Waals surface area contributed by atoms with Gasteiger partial charge in [0, 0.05) is 11.4 Å². The molecule has 108 valence electrons. The Hall–Kier alpha value is -1.63. The number of hydrogen-bond donors (Lipinski definition) is 0. The van der Waals surface area contributed by atoms with Gasteiger partial charge in [0.2, 0.25) is 5.16 Å². The van der Waals surface area contributed by atoms with Gasteiger partial charge in [-0.2, -0.15) is 4.98 Å². The zero-order valence-corrected chi connectivity index (χ0v) is 13.1. The van der Waals surface area contributed by atoms with Gasteiger partial charge in [-0.25, -0.2) is 9.50 Å². The number of fused-ring (bicyclic) bond motifs is 1. The monoisotopic (exact) mass is 294 g/mol. The second-order valence-corrected chi connectivity index (χ2v) is 6.46. The van der Waals surface area contributed by atoms with E-state index in [1.165, 1.54) is 11.8 Å². The number of aromatic nitrogens is 4.